The van der Waals surface area contributed by atoms with Crippen molar-refractivity contribution in [3.63, 3.8) is 0 Å². The van der Waals surface area contributed by atoms with E-state index in [9.17, 15) is 9.59 Å². The number of carbonyl (C=O) groups is 2. The summed E-state index contributed by atoms with van der Waals surface area (Å²) in [6.45, 7) is 4.15. The van der Waals surface area contributed by atoms with E-state index in [1.165, 1.54) is 11.3 Å². The van der Waals surface area contributed by atoms with Gasteiger partial charge in [-0.2, -0.15) is 0 Å². The Morgan fingerprint density at radius 3 is 2.54 bits per heavy atom. The van der Waals surface area contributed by atoms with Gasteiger partial charge in [0.2, 0.25) is 5.13 Å². The number of benzene rings is 1. The normalized spacial score (nSPS) is 10.2. The summed E-state index contributed by atoms with van der Waals surface area (Å²) in [6.07, 6.45) is 2.49. The Balaban J connectivity index is 1.92. The van der Waals surface area contributed by atoms with Crippen LogP contribution in [0.2, 0.25) is 0 Å². The molecule has 0 bridgehead atoms. The molecule has 2 rings (SSSR count). The van der Waals surface area contributed by atoms with Crippen LogP contribution in [0.1, 0.15) is 42.1 Å². The van der Waals surface area contributed by atoms with Gasteiger partial charge >= 0.3 is 6.09 Å². The first-order valence-corrected chi connectivity index (χ1v) is 8.61. The van der Waals surface area contributed by atoms with Gasteiger partial charge in [-0.05, 0) is 37.6 Å². The Morgan fingerprint density at radius 1 is 1.12 bits per heavy atom. The molecule has 0 saturated carbocycles. The number of amides is 2. The standard InChI is InChI=1S/C16H20N4O3S/c1-3-5-6-13-19-20-15(24-13)18-14(21)11-7-9-12(10-8-11)17-16(22)23-4-2/h7-10H,3-6H2,1-2H3,(H,17,22)(H,18,20,21). The molecule has 2 aromatic rings. The second-order valence-corrected chi connectivity index (χ2v) is 6.04. The van der Waals surface area contributed by atoms with Crippen LogP contribution in [0, 0.1) is 0 Å². The first kappa shape index (κ1) is 17.9. The van der Waals surface area contributed by atoms with Crippen molar-refractivity contribution < 1.29 is 14.3 Å². The summed E-state index contributed by atoms with van der Waals surface area (Å²) >= 11 is 1.39. The SMILES string of the molecule is CCCCc1nnc(NC(=O)c2ccc(NC(=O)OCC)cc2)s1. The lowest BCUT2D eigenvalue weighted by Gasteiger charge is -2.06. The summed E-state index contributed by atoms with van der Waals surface area (Å²) in [4.78, 5) is 23.5. The Kier molecular flexibility index (Phi) is 6.68. The van der Waals surface area contributed by atoms with Crippen LogP contribution in [-0.2, 0) is 11.2 Å². The number of aryl methyl sites for hydroxylation is 1. The molecule has 0 aliphatic carbocycles. The van der Waals surface area contributed by atoms with Crippen molar-refractivity contribution in [3.05, 3.63) is 34.8 Å². The van der Waals surface area contributed by atoms with E-state index in [0.717, 1.165) is 24.3 Å². The summed E-state index contributed by atoms with van der Waals surface area (Å²) < 4.78 is 4.79. The maximum absolute atomic E-state index is 12.2. The molecule has 0 aliphatic heterocycles. The first-order chi connectivity index (χ1) is 11.6. The van der Waals surface area contributed by atoms with E-state index >= 15 is 0 Å². The lowest BCUT2D eigenvalue weighted by atomic mass is 10.2. The predicted octanol–water partition coefficient (Wildman–Crippen LogP) is 3.70. The average Bonchev–Trinajstić information content (AvgIpc) is 3.01. The summed E-state index contributed by atoms with van der Waals surface area (Å²) in [7, 11) is 0. The van der Waals surface area contributed by atoms with Gasteiger partial charge in [-0.1, -0.05) is 24.7 Å². The Hall–Kier alpha value is -2.48. The first-order valence-electron chi connectivity index (χ1n) is 7.80. The maximum atomic E-state index is 12.2. The van der Waals surface area contributed by atoms with Crippen molar-refractivity contribution in [2.75, 3.05) is 17.2 Å². The molecule has 24 heavy (non-hydrogen) atoms. The van der Waals surface area contributed by atoms with E-state index in [-0.39, 0.29) is 5.91 Å². The van der Waals surface area contributed by atoms with E-state index in [1.807, 2.05) is 0 Å². The Morgan fingerprint density at radius 2 is 1.88 bits per heavy atom. The van der Waals surface area contributed by atoms with Gasteiger partial charge in [-0.3, -0.25) is 15.4 Å². The van der Waals surface area contributed by atoms with Gasteiger partial charge in [0.15, 0.2) is 0 Å². The quantitative estimate of drug-likeness (QED) is 0.796. The van der Waals surface area contributed by atoms with Crippen LogP contribution in [0.4, 0.5) is 15.6 Å². The highest BCUT2D eigenvalue weighted by atomic mass is 32.1. The Bertz CT molecular complexity index is 685. The van der Waals surface area contributed by atoms with Crippen LogP contribution < -0.4 is 10.6 Å². The van der Waals surface area contributed by atoms with Crippen LogP contribution in [0.15, 0.2) is 24.3 Å². The van der Waals surface area contributed by atoms with Crippen molar-refractivity contribution in [1.82, 2.24) is 10.2 Å². The summed E-state index contributed by atoms with van der Waals surface area (Å²) in [5.41, 5.74) is 1.03. The van der Waals surface area contributed by atoms with Gasteiger partial charge in [-0.25, -0.2) is 4.79 Å². The third-order valence-electron chi connectivity index (χ3n) is 3.10. The number of carbonyl (C=O) groups excluding carboxylic acids is 2. The van der Waals surface area contributed by atoms with Crippen molar-refractivity contribution in [3.8, 4) is 0 Å². The zero-order valence-corrected chi connectivity index (χ0v) is 14.5. The zero-order valence-electron chi connectivity index (χ0n) is 13.7. The number of aromatic nitrogens is 2. The van der Waals surface area contributed by atoms with Crippen molar-refractivity contribution >= 4 is 34.2 Å². The van der Waals surface area contributed by atoms with E-state index in [0.29, 0.717) is 23.0 Å². The summed E-state index contributed by atoms with van der Waals surface area (Å²) in [5.74, 6) is -0.268. The number of nitrogens with zero attached hydrogens (tertiary/aromatic N) is 2. The third-order valence-corrected chi connectivity index (χ3v) is 4.00. The molecule has 1 aromatic heterocycles. The van der Waals surface area contributed by atoms with Gasteiger partial charge < -0.3 is 4.74 Å². The second-order valence-electron chi connectivity index (χ2n) is 4.98. The molecule has 0 aliphatic rings. The molecule has 0 saturated heterocycles. The number of hydrogen-bond donors (Lipinski definition) is 2. The van der Waals surface area contributed by atoms with E-state index in [2.05, 4.69) is 27.8 Å². The molecule has 2 N–H and O–H groups in total. The molecule has 8 heteroatoms. The highest BCUT2D eigenvalue weighted by molar-refractivity contribution is 7.15. The van der Waals surface area contributed by atoms with Crippen LogP contribution in [0.3, 0.4) is 0 Å². The van der Waals surface area contributed by atoms with Crippen LogP contribution in [-0.4, -0.2) is 28.8 Å². The minimum absolute atomic E-state index is 0.268. The van der Waals surface area contributed by atoms with Gasteiger partial charge in [0.05, 0.1) is 6.61 Å². The van der Waals surface area contributed by atoms with Crippen molar-refractivity contribution in [2.45, 2.75) is 33.1 Å². The molecule has 0 radical (unpaired) electrons. The minimum atomic E-state index is -0.525. The van der Waals surface area contributed by atoms with Gasteiger partial charge in [-0.15, -0.1) is 10.2 Å². The van der Waals surface area contributed by atoms with Gasteiger partial charge in [0, 0.05) is 17.7 Å². The third kappa shape index (κ3) is 5.31. The van der Waals surface area contributed by atoms with Gasteiger partial charge in [0.1, 0.15) is 5.01 Å². The molecule has 1 heterocycles. The average molecular weight is 348 g/mol. The smallest absolute Gasteiger partial charge is 0.411 e. The van der Waals surface area contributed by atoms with E-state index < -0.39 is 6.09 Å². The van der Waals surface area contributed by atoms with Gasteiger partial charge in [0.25, 0.3) is 5.91 Å². The fraction of sp³-hybridized carbons (Fsp3) is 0.375. The highest BCUT2D eigenvalue weighted by Crippen LogP contribution is 2.18. The Labute approximate surface area is 144 Å². The lowest BCUT2D eigenvalue weighted by Crippen LogP contribution is -2.14. The molecule has 0 unspecified atom stereocenters. The summed E-state index contributed by atoms with van der Waals surface area (Å²) in [6, 6.07) is 6.52. The number of unbranched alkanes of at least 4 members (excludes halogenated alkanes) is 1. The monoisotopic (exact) mass is 348 g/mol. The fourth-order valence-electron chi connectivity index (χ4n) is 1.89. The number of anilines is 2. The molecule has 128 valence electrons. The van der Waals surface area contributed by atoms with E-state index in [4.69, 9.17) is 4.74 Å². The zero-order chi connectivity index (χ0) is 17.4. The minimum Gasteiger partial charge on any atom is -0.450 e. The molecular formula is C16H20N4O3S. The molecular weight excluding hydrogens is 328 g/mol. The molecule has 1 aromatic carbocycles. The predicted molar refractivity (Wildman–Crippen MR) is 93.6 cm³/mol. The topological polar surface area (TPSA) is 93.2 Å². The molecule has 0 atom stereocenters. The lowest BCUT2D eigenvalue weighted by molar-refractivity contribution is 0.102. The fourth-order valence-corrected chi connectivity index (χ4v) is 2.67. The van der Waals surface area contributed by atoms with Crippen molar-refractivity contribution in [1.29, 1.82) is 0 Å². The molecule has 0 fully saturated rings. The largest absolute Gasteiger partial charge is 0.450 e. The molecule has 2 amide bonds. The van der Waals surface area contributed by atoms with Crippen LogP contribution in [0.5, 0.6) is 0 Å². The molecule has 0 spiro atoms. The summed E-state index contributed by atoms with van der Waals surface area (Å²) in [5, 5.41) is 14.7. The number of hydrogen-bond acceptors (Lipinski definition) is 6. The van der Waals surface area contributed by atoms with E-state index in [1.54, 1.807) is 31.2 Å². The molecule has 7 nitrogen and oxygen atoms in total. The number of rotatable bonds is 7. The van der Waals surface area contributed by atoms with Crippen LogP contribution >= 0.6 is 11.3 Å². The number of nitrogens with one attached hydrogen (secondary N) is 2. The van der Waals surface area contributed by atoms with Crippen molar-refractivity contribution in [2.24, 2.45) is 0 Å². The second kappa shape index (κ2) is 8.97. The van der Waals surface area contributed by atoms with Crippen LogP contribution in [0.25, 0.3) is 0 Å². The highest BCUT2D eigenvalue weighted by Gasteiger charge is 2.10. The maximum Gasteiger partial charge on any atom is 0.411 e. The number of ether oxygens (including phenoxy) is 1.